The van der Waals surface area contributed by atoms with Crippen LogP contribution in [0.15, 0.2) is 97.1 Å². The van der Waals surface area contributed by atoms with E-state index in [-0.39, 0.29) is 36.1 Å². The second kappa shape index (κ2) is 18.5. The van der Waals surface area contributed by atoms with Gasteiger partial charge in [0.15, 0.2) is 0 Å². The number of methoxy groups -OCH3 is 1. The molecule has 0 aliphatic carbocycles. The number of hydrogen-bond donors (Lipinski definition) is 3. The van der Waals surface area contributed by atoms with E-state index in [1.165, 1.54) is 17.0 Å². The average molecular weight is 680 g/mol. The molecule has 0 aliphatic rings. The molecule has 0 saturated carbocycles. The summed E-state index contributed by atoms with van der Waals surface area (Å²) in [6.07, 6.45) is 4.65. The van der Waals surface area contributed by atoms with Crippen LogP contribution in [0.25, 0.3) is 0 Å². The highest BCUT2D eigenvalue weighted by atomic mass is 16.5. The minimum Gasteiger partial charge on any atom is -0.497 e. The summed E-state index contributed by atoms with van der Waals surface area (Å²) >= 11 is 0. The number of amides is 3. The molecule has 0 atom stereocenters. The second-order valence-corrected chi connectivity index (χ2v) is 11.7. The second-order valence-electron chi connectivity index (χ2n) is 11.7. The first-order chi connectivity index (χ1) is 24.1. The normalized spacial score (nSPS) is 10.5. The van der Waals surface area contributed by atoms with Crippen molar-refractivity contribution in [2.24, 2.45) is 0 Å². The Morgan fingerprint density at radius 2 is 1.22 bits per heavy atom. The predicted octanol–water partition coefficient (Wildman–Crippen LogP) is 6.73. The van der Waals surface area contributed by atoms with Gasteiger partial charge in [0.1, 0.15) is 18.0 Å². The summed E-state index contributed by atoms with van der Waals surface area (Å²) in [6, 6.07) is 26.2. The van der Waals surface area contributed by atoms with Gasteiger partial charge in [-0.25, -0.2) is 4.79 Å². The van der Waals surface area contributed by atoms with Gasteiger partial charge in [0.25, 0.3) is 5.91 Å². The molecule has 4 rings (SSSR count). The Morgan fingerprint density at radius 3 is 1.80 bits per heavy atom. The Morgan fingerprint density at radius 1 is 0.660 bits per heavy atom. The molecule has 0 heterocycles. The highest BCUT2D eigenvalue weighted by Gasteiger charge is 2.20. The lowest BCUT2D eigenvalue weighted by molar-refractivity contribution is -0.137. The monoisotopic (exact) mass is 679 g/mol. The number of carbonyl (C=O) groups is 5. The third-order valence-electron chi connectivity index (χ3n) is 7.72. The van der Waals surface area contributed by atoms with Crippen LogP contribution in [-0.4, -0.2) is 53.3 Å². The van der Waals surface area contributed by atoms with E-state index in [0.29, 0.717) is 34.7 Å². The SMILES string of the molecule is CCCCCCC(=O)Nc1ccc(C(=O)Oc2ccc(CN(CC(=O)O)C(=O)c3ccc(NC(=O)Cc4ccc(OC)cc4)cc3)cc2)cc1. The third-order valence-corrected chi connectivity index (χ3v) is 7.72. The first-order valence-electron chi connectivity index (χ1n) is 16.4. The number of carboxylic acid groups (broad SMARTS) is 1. The number of hydrogen-bond acceptors (Lipinski definition) is 7. The smallest absolute Gasteiger partial charge is 0.343 e. The van der Waals surface area contributed by atoms with Crippen LogP contribution >= 0.6 is 0 Å². The summed E-state index contributed by atoms with van der Waals surface area (Å²) in [7, 11) is 1.57. The van der Waals surface area contributed by atoms with Crippen molar-refractivity contribution in [1.29, 1.82) is 0 Å². The first-order valence-corrected chi connectivity index (χ1v) is 16.4. The molecule has 0 bridgehead atoms. The molecule has 3 N–H and O–H groups in total. The third kappa shape index (κ3) is 11.6. The zero-order valence-corrected chi connectivity index (χ0v) is 28.1. The Hall–Kier alpha value is -5.97. The molecule has 260 valence electrons. The van der Waals surface area contributed by atoms with Crippen LogP contribution in [0.1, 0.15) is 70.9 Å². The number of benzene rings is 4. The van der Waals surface area contributed by atoms with Gasteiger partial charge in [0.05, 0.1) is 19.1 Å². The molecular formula is C39H41N3O8. The Kier molecular flexibility index (Phi) is 13.7. The summed E-state index contributed by atoms with van der Waals surface area (Å²) in [5.74, 6) is -1.61. The number of anilines is 2. The number of esters is 1. The number of rotatable bonds is 17. The lowest BCUT2D eigenvalue weighted by Crippen LogP contribution is -2.35. The number of ether oxygens (including phenoxy) is 2. The van der Waals surface area contributed by atoms with Crippen molar-refractivity contribution in [1.82, 2.24) is 4.90 Å². The van der Waals surface area contributed by atoms with E-state index >= 15 is 0 Å². The summed E-state index contributed by atoms with van der Waals surface area (Å²) in [5.41, 5.74) is 3.07. The van der Waals surface area contributed by atoms with Gasteiger partial charge < -0.3 is 30.1 Å². The van der Waals surface area contributed by atoms with Crippen molar-refractivity contribution in [2.45, 2.75) is 52.0 Å². The van der Waals surface area contributed by atoms with Crippen molar-refractivity contribution in [2.75, 3.05) is 24.3 Å². The van der Waals surface area contributed by atoms with Gasteiger partial charge in [-0.15, -0.1) is 0 Å². The molecule has 0 aromatic heterocycles. The van der Waals surface area contributed by atoms with Gasteiger partial charge in [-0.3, -0.25) is 19.2 Å². The van der Waals surface area contributed by atoms with E-state index in [9.17, 15) is 29.1 Å². The Labute approximate surface area is 291 Å². The molecule has 4 aromatic carbocycles. The molecule has 11 nitrogen and oxygen atoms in total. The fraction of sp³-hybridized carbons (Fsp3) is 0.256. The molecule has 0 unspecified atom stereocenters. The molecule has 0 radical (unpaired) electrons. The van der Waals surface area contributed by atoms with E-state index < -0.39 is 24.4 Å². The highest BCUT2D eigenvalue weighted by molar-refractivity contribution is 5.97. The van der Waals surface area contributed by atoms with Gasteiger partial charge in [-0.05, 0) is 90.3 Å². The molecule has 50 heavy (non-hydrogen) atoms. The van der Waals surface area contributed by atoms with Crippen LogP contribution in [0, 0.1) is 0 Å². The molecule has 0 aliphatic heterocycles. The van der Waals surface area contributed by atoms with E-state index in [1.807, 2.05) is 0 Å². The van der Waals surface area contributed by atoms with Gasteiger partial charge in [0.2, 0.25) is 11.8 Å². The zero-order valence-electron chi connectivity index (χ0n) is 28.1. The topological polar surface area (TPSA) is 151 Å². The van der Waals surface area contributed by atoms with Crippen molar-refractivity contribution < 1.29 is 38.6 Å². The van der Waals surface area contributed by atoms with Crippen LogP contribution in [0.5, 0.6) is 11.5 Å². The van der Waals surface area contributed by atoms with Crippen LogP contribution in [0.3, 0.4) is 0 Å². The van der Waals surface area contributed by atoms with E-state index in [0.717, 1.165) is 31.2 Å². The zero-order chi connectivity index (χ0) is 35.9. The van der Waals surface area contributed by atoms with E-state index in [2.05, 4.69) is 17.6 Å². The van der Waals surface area contributed by atoms with Crippen molar-refractivity contribution in [3.8, 4) is 11.5 Å². The first kappa shape index (κ1) is 36.9. The molecule has 0 fully saturated rings. The fourth-order valence-corrected chi connectivity index (χ4v) is 5.05. The Balaban J connectivity index is 1.30. The maximum absolute atomic E-state index is 13.3. The largest absolute Gasteiger partial charge is 0.497 e. The van der Waals surface area contributed by atoms with Gasteiger partial charge >= 0.3 is 11.9 Å². The van der Waals surface area contributed by atoms with E-state index in [4.69, 9.17) is 9.47 Å². The lowest BCUT2D eigenvalue weighted by atomic mass is 10.1. The number of carboxylic acids is 1. The van der Waals surface area contributed by atoms with Crippen LogP contribution < -0.4 is 20.1 Å². The minimum absolute atomic E-state index is 0.00844. The maximum atomic E-state index is 13.3. The van der Waals surface area contributed by atoms with Crippen LogP contribution in [0.2, 0.25) is 0 Å². The van der Waals surface area contributed by atoms with Crippen molar-refractivity contribution in [3.05, 3.63) is 119 Å². The minimum atomic E-state index is -1.18. The van der Waals surface area contributed by atoms with Gasteiger partial charge in [0, 0.05) is 29.9 Å². The fourth-order valence-electron chi connectivity index (χ4n) is 5.05. The molecule has 11 heteroatoms. The molecule has 4 aromatic rings. The van der Waals surface area contributed by atoms with Crippen molar-refractivity contribution >= 4 is 41.0 Å². The van der Waals surface area contributed by atoms with Crippen LogP contribution in [0.4, 0.5) is 11.4 Å². The number of nitrogens with one attached hydrogen (secondary N) is 2. The van der Waals surface area contributed by atoms with Gasteiger partial charge in [-0.1, -0.05) is 50.5 Å². The number of carbonyl (C=O) groups excluding carboxylic acids is 4. The summed E-state index contributed by atoms with van der Waals surface area (Å²) in [5, 5.41) is 15.1. The van der Waals surface area contributed by atoms with Crippen LogP contribution in [-0.2, 0) is 27.3 Å². The number of aliphatic carboxylic acids is 1. The summed E-state index contributed by atoms with van der Waals surface area (Å²) in [4.78, 5) is 63.5. The maximum Gasteiger partial charge on any atom is 0.343 e. The molecule has 0 saturated heterocycles. The highest BCUT2D eigenvalue weighted by Crippen LogP contribution is 2.19. The molecule has 0 spiro atoms. The molecule has 3 amide bonds. The summed E-state index contributed by atoms with van der Waals surface area (Å²) in [6.45, 7) is 1.57. The predicted molar refractivity (Wildman–Crippen MR) is 189 cm³/mol. The number of nitrogens with zero attached hydrogens (tertiary/aromatic N) is 1. The molecular weight excluding hydrogens is 638 g/mol. The number of unbranched alkanes of at least 4 members (excludes halogenated alkanes) is 3. The summed E-state index contributed by atoms with van der Waals surface area (Å²) < 4.78 is 10.6. The standard InChI is InChI=1S/C39H41N3O8/c1-3-4-5-6-7-35(43)40-31-18-14-30(15-19-31)39(48)50-34-22-10-28(11-23-34)25-42(26-37(45)46)38(47)29-12-16-32(17-13-29)41-36(44)24-27-8-20-33(49-2)21-9-27/h8-23H,3-7,24-26H2,1-2H3,(H,40,43)(H,41,44)(H,45,46). The average Bonchev–Trinajstić information content (AvgIpc) is 3.11. The lowest BCUT2D eigenvalue weighted by Gasteiger charge is -2.21. The van der Waals surface area contributed by atoms with Gasteiger partial charge in [-0.2, -0.15) is 0 Å². The van der Waals surface area contributed by atoms with Crippen molar-refractivity contribution in [3.63, 3.8) is 0 Å². The van der Waals surface area contributed by atoms with E-state index in [1.54, 1.807) is 92.0 Å². The quantitative estimate of drug-likeness (QED) is 0.0631. The Bertz CT molecular complexity index is 1750.